The van der Waals surface area contributed by atoms with Crippen LogP contribution in [0.4, 0.5) is 21.6 Å². The minimum absolute atomic E-state index is 0.117. The molecule has 3 aromatic carbocycles. The second-order valence-corrected chi connectivity index (χ2v) is 9.37. The Balaban J connectivity index is 1.45. The highest BCUT2D eigenvalue weighted by atomic mass is 32.1. The van der Waals surface area contributed by atoms with Crippen LogP contribution in [0.5, 0.6) is 0 Å². The van der Waals surface area contributed by atoms with E-state index < -0.39 is 0 Å². The first kappa shape index (κ1) is 22.9. The number of rotatable bonds is 8. The number of benzene rings is 3. The fourth-order valence-corrected chi connectivity index (χ4v) is 5.36. The van der Waals surface area contributed by atoms with Crippen LogP contribution in [0.15, 0.2) is 67.0 Å². The van der Waals surface area contributed by atoms with Crippen molar-refractivity contribution in [3.8, 4) is 0 Å². The highest BCUT2D eigenvalue weighted by Gasteiger charge is 2.14. The topological polar surface area (TPSA) is 85.1 Å². The van der Waals surface area contributed by atoms with Crippen LogP contribution in [-0.2, 0) is 13.0 Å². The van der Waals surface area contributed by atoms with Gasteiger partial charge in [-0.15, -0.1) is 11.3 Å². The van der Waals surface area contributed by atoms with Gasteiger partial charge in [0.05, 0.1) is 5.39 Å². The van der Waals surface area contributed by atoms with Crippen molar-refractivity contribution >= 4 is 55.0 Å². The predicted molar refractivity (Wildman–Crippen MR) is 142 cm³/mol. The van der Waals surface area contributed by atoms with Crippen molar-refractivity contribution in [3.05, 3.63) is 89.5 Å². The molecule has 0 aliphatic rings. The molecular weight excluding hydrogens is 461 g/mol. The second kappa shape index (κ2) is 9.77. The molecule has 2 aromatic heterocycles. The highest BCUT2D eigenvalue weighted by Crippen LogP contribution is 2.37. The SMILES string of the molecule is CN(Cc1cccc(F)c1)c1ccc(Nc2ncnc3sc4cc(CCO)ccc4c23)cc1C=N. The Labute approximate surface area is 206 Å². The quantitative estimate of drug-likeness (QED) is 0.239. The Morgan fingerprint density at radius 3 is 2.77 bits per heavy atom. The summed E-state index contributed by atoms with van der Waals surface area (Å²) in [6, 6.07) is 18.5. The molecule has 0 saturated carbocycles. The molecule has 0 unspecified atom stereocenters. The molecule has 0 aliphatic carbocycles. The molecule has 0 spiro atoms. The lowest BCUT2D eigenvalue weighted by Crippen LogP contribution is -2.18. The first-order chi connectivity index (χ1) is 17.1. The van der Waals surface area contributed by atoms with Crippen molar-refractivity contribution < 1.29 is 9.50 Å². The maximum Gasteiger partial charge on any atom is 0.143 e. The van der Waals surface area contributed by atoms with Gasteiger partial charge in [-0.05, 0) is 53.9 Å². The number of thiophene rings is 1. The van der Waals surface area contributed by atoms with Crippen LogP contribution in [0, 0.1) is 11.2 Å². The van der Waals surface area contributed by atoms with Crippen molar-refractivity contribution in [2.24, 2.45) is 0 Å². The summed E-state index contributed by atoms with van der Waals surface area (Å²) in [6.07, 6.45) is 3.49. The van der Waals surface area contributed by atoms with Gasteiger partial charge in [0.25, 0.3) is 0 Å². The average molecular weight is 486 g/mol. The van der Waals surface area contributed by atoms with E-state index in [4.69, 9.17) is 5.41 Å². The molecular formula is C27H24FN5OS. The number of aromatic nitrogens is 2. The zero-order valence-corrected chi connectivity index (χ0v) is 19.9. The number of aliphatic hydroxyl groups excluding tert-OH is 1. The molecule has 176 valence electrons. The van der Waals surface area contributed by atoms with Gasteiger partial charge in [0.1, 0.15) is 22.8 Å². The highest BCUT2D eigenvalue weighted by molar-refractivity contribution is 7.25. The lowest BCUT2D eigenvalue weighted by molar-refractivity contribution is 0.299. The summed E-state index contributed by atoms with van der Waals surface area (Å²) in [5.41, 5.74) is 4.37. The largest absolute Gasteiger partial charge is 0.396 e. The first-order valence-corrected chi connectivity index (χ1v) is 12.0. The number of halogens is 1. The van der Waals surface area contributed by atoms with Gasteiger partial charge in [-0.25, -0.2) is 14.4 Å². The van der Waals surface area contributed by atoms with Gasteiger partial charge in [-0.1, -0.05) is 24.3 Å². The summed E-state index contributed by atoms with van der Waals surface area (Å²) in [6.45, 7) is 0.642. The summed E-state index contributed by atoms with van der Waals surface area (Å²) in [7, 11) is 1.93. The van der Waals surface area contributed by atoms with Crippen molar-refractivity contribution in [2.75, 3.05) is 23.9 Å². The Hall–Kier alpha value is -3.88. The molecule has 0 atom stereocenters. The molecule has 0 bridgehead atoms. The van der Waals surface area contributed by atoms with Crippen LogP contribution in [0.1, 0.15) is 16.7 Å². The molecule has 5 aromatic rings. The molecule has 8 heteroatoms. The molecule has 6 nitrogen and oxygen atoms in total. The molecule has 5 rings (SSSR count). The third kappa shape index (κ3) is 4.71. The minimum Gasteiger partial charge on any atom is -0.396 e. The molecule has 0 aliphatic heterocycles. The van der Waals surface area contributed by atoms with Gasteiger partial charge in [-0.2, -0.15) is 0 Å². The summed E-state index contributed by atoms with van der Waals surface area (Å²) < 4.78 is 14.7. The number of hydrogen-bond donors (Lipinski definition) is 3. The smallest absolute Gasteiger partial charge is 0.143 e. The Morgan fingerprint density at radius 2 is 1.97 bits per heavy atom. The molecule has 35 heavy (non-hydrogen) atoms. The van der Waals surface area contributed by atoms with Gasteiger partial charge in [0.2, 0.25) is 0 Å². The second-order valence-electron chi connectivity index (χ2n) is 8.34. The minimum atomic E-state index is -0.260. The number of nitrogens with one attached hydrogen (secondary N) is 2. The van der Waals surface area contributed by atoms with Gasteiger partial charge in [0, 0.05) is 53.4 Å². The van der Waals surface area contributed by atoms with Gasteiger partial charge in [0.15, 0.2) is 0 Å². The normalized spacial score (nSPS) is 11.2. The fraction of sp³-hybridized carbons (Fsp3) is 0.148. The maximum absolute atomic E-state index is 13.6. The lowest BCUT2D eigenvalue weighted by Gasteiger charge is -2.22. The fourth-order valence-electron chi connectivity index (χ4n) is 4.26. The summed E-state index contributed by atoms with van der Waals surface area (Å²) in [5.74, 6) is 0.442. The zero-order valence-electron chi connectivity index (χ0n) is 19.1. The van der Waals surface area contributed by atoms with E-state index in [0.29, 0.717) is 18.8 Å². The number of hydrogen-bond acceptors (Lipinski definition) is 7. The zero-order chi connectivity index (χ0) is 24.4. The summed E-state index contributed by atoms with van der Waals surface area (Å²) in [4.78, 5) is 11.8. The van der Waals surface area contributed by atoms with Gasteiger partial charge >= 0.3 is 0 Å². The summed E-state index contributed by atoms with van der Waals surface area (Å²) in [5, 5.41) is 22.6. The third-order valence-electron chi connectivity index (χ3n) is 5.90. The lowest BCUT2D eigenvalue weighted by atomic mass is 10.1. The van der Waals surface area contributed by atoms with Gasteiger partial charge < -0.3 is 20.7 Å². The van der Waals surface area contributed by atoms with Crippen LogP contribution in [0.3, 0.4) is 0 Å². The van der Waals surface area contributed by atoms with E-state index in [0.717, 1.165) is 48.4 Å². The molecule has 0 radical (unpaired) electrons. The van der Waals surface area contributed by atoms with Gasteiger partial charge in [-0.3, -0.25) is 0 Å². The first-order valence-electron chi connectivity index (χ1n) is 11.2. The Kier molecular flexibility index (Phi) is 6.39. The van der Waals surface area contributed by atoms with E-state index in [1.165, 1.54) is 18.3 Å². The van der Waals surface area contributed by atoms with Crippen molar-refractivity contribution in [1.82, 2.24) is 9.97 Å². The standard InChI is InChI=1S/C27H24FN5OS/c1-33(15-18-3-2-4-20(28)11-18)23-8-6-21(13-19(23)14-29)32-26-25-22-7-5-17(9-10-34)12-24(22)35-27(25)31-16-30-26/h2-8,11-14,16,29,34H,9-10,15H2,1H3,(H,30,31,32). The maximum atomic E-state index is 13.6. The van der Waals surface area contributed by atoms with E-state index in [-0.39, 0.29) is 12.4 Å². The Morgan fingerprint density at radius 1 is 1.09 bits per heavy atom. The van der Waals surface area contributed by atoms with Crippen LogP contribution >= 0.6 is 11.3 Å². The Bertz CT molecular complexity index is 1530. The monoisotopic (exact) mass is 485 g/mol. The average Bonchev–Trinajstić information content (AvgIpc) is 3.23. The number of anilines is 3. The number of aliphatic hydroxyl groups is 1. The predicted octanol–water partition coefficient (Wildman–Crippen LogP) is 5.90. The van der Waals surface area contributed by atoms with Crippen LogP contribution in [-0.4, -0.2) is 34.9 Å². The van der Waals surface area contributed by atoms with E-state index in [1.807, 2.05) is 42.3 Å². The molecule has 2 heterocycles. The van der Waals surface area contributed by atoms with Crippen LogP contribution < -0.4 is 10.2 Å². The van der Waals surface area contributed by atoms with E-state index in [2.05, 4.69) is 27.4 Å². The number of fused-ring (bicyclic) bond motifs is 3. The van der Waals surface area contributed by atoms with Crippen LogP contribution in [0.2, 0.25) is 0 Å². The van der Waals surface area contributed by atoms with E-state index in [9.17, 15) is 9.50 Å². The van der Waals surface area contributed by atoms with Crippen molar-refractivity contribution in [2.45, 2.75) is 13.0 Å². The molecule has 0 amide bonds. The molecule has 3 N–H and O–H groups in total. The molecule has 0 saturated heterocycles. The number of nitrogens with zero attached hydrogens (tertiary/aromatic N) is 3. The summed E-state index contributed by atoms with van der Waals surface area (Å²) >= 11 is 1.60. The van der Waals surface area contributed by atoms with Crippen LogP contribution in [0.25, 0.3) is 20.3 Å². The molecule has 0 fully saturated rings. The third-order valence-corrected chi connectivity index (χ3v) is 6.96. The van der Waals surface area contributed by atoms with Crippen molar-refractivity contribution in [1.29, 1.82) is 5.41 Å². The van der Waals surface area contributed by atoms with Crippen molar-refractivity contribution in [3.63, 3.8) is 0 Å². The van der Waals surface area contributed by atoms with E-state index >= 15 is 0 Å². The van der Waals surface area contributed by atoms with E-state index in [1.54, 1.807) is 23.7 Å².